The van der Waals surface area contributed by atoms with Crippen LogP contribution in [0.25, 0.3) is 0 Å². The molecule has 0 amide bonds. The van der Waals surface area contributed by atoms with Crippen LogP contribution < -0.4 is 5.32 Å². The van der Waals surface area contributed by atoms with Crippen molar-refractivity contribution in [2.75, 3.05) is 5.32 Å². The van der Waals surface area contributed by atoms with Crippen LogP contribution >= 0.6 is 11.8 Å². The Morgan fingerprint density at radius 2 is 2.11 bits per heavy atom. The molecule has 1 aliphatic carbocycles. The highest BCUT2D eigenvalue weighted by Gasteiger charge is 2.26. The molecule has 0 spiro atoms. The van der Waals surface area contributed by atoms with Crippen molar-refractivity contribution >= 4 is 17.4 Å². The van der Waals surface area contributed by atoms with Gasteiger partial charge in [0, 0.05) is 16.6 Å². The molecule has 2 rings (SSSR count). The van der Waals surface area contributed by atoms with Gasteiger partial charge in [0.05, 0.1) is 0 Å². The van der Waals surface area contributed by atoms with Crippen molar-refractivity contribution in [2.24, 2.45) is 5.92 Å². The molecule has 1 N–H and O–H groups in total. The minimum absolute atomic E-state index is 0.439. The minimum atomic E-state index is -2.36. The SMILES string of the molecule is CCC1CCCC1Nc1ccccc1SC(F)F. The van der Waals surface area contributed by atoms with Gasteiger partial charge in [0.1, 0.15) is 0 Å². The predicted octanol–water partition coefficient (Wildman–Crippen LogP) is 4.99. The van der Waals surface area contributed by atoms with E-state index in [2.05, 4.69) is 12.2 Å². The van der Waals surface area contributed by atoms with Gasteiger partial charge in [0.15, 0.2) is 0 Å². The third-order valence-electron chi connectivity index (χ3n) is 3.63. The summed E-state index contributed by atoms with van der Waals surface area (Å²) >= 11 is 0.621. The Morgan fingerprint density at radius 3 is 2.83 bits per heavy atom. The van der Waals surface area contributed by atoms with E-state index in [0.717, 1.165) is 18.5 Å². The Bertz CT molecular complexity index is 384. The monoisotopic (exact) mass is 271 g/mol. The van der Waals surface area contributed by atoms with Crippen molar-refractivity contribution in [3.63, 3.8) is 0 Å². The lowest BCUT2D eigenvalue weighted by atomic mass is 10.0. The molecule has 100 valence electrons. The molecule has 1 aromatic rings. The van der Waals surface area contributed by atoms with Gasteiger partial charge >= 0.3 is 0 Å². The van der Waals surface area contributed by atoms with Crippen LogP contribution in [-0.2, 0) is 0 Å². The summed E-state index contributed by atoms with van der Waals surface area (Å²) in [7, 11) is 0. The smallest absolute Gasteiger partial charge is 0.288 e. The van der Waals surface area contributed by atoms with Gasteiger partial charge in [0.25, 0.3) is 5.76 Å². The van der Waals surface area contributed by atoms with E-state index in [1.54, 1.807) is 6.07 Å². The molecule has 1 aliphatic rings. The second-order valence-corrected chi connectivity index (χ2v) is 5.76. The van der Waals surface area contributed by atoms with Crippen molar-refractivity contribution in [1.29, 1.82) is 0 Å². The Labute approximate surface area is 111 Å². The average molecular weight is 271 g/mol. The number of hydrogen-bond donors (Lipinski definition) is 1. The molecule has 4 heteroatoms. The lowest BCUT2D eigenvalue weighted by Crippen LogP contribution is -2.23. The molecule has 0 saturated heterocycles. The van der Waals surface area contributed by atoms with Crippen LogP contribution in [0.4, 0.5) is 14.5 Å². The van der Waals surface area contributed by atoms with E-state index in [-0.39, 0.29) is 0 Å². The van der Waals surface area contributed by atoms with E-state index in [0.29, 0.717) is 28.6 Å². The third-order valence-corrected chi connectivity index (χ3v) is 4.42. The molecule has 0 heterocycles. The summed E-state index contributed by atoms with van der Waals surface area (Å²) in [6.45, 7) is 2.20. The number of hydrogen-bond acceptors (Lipinski definition) is 2. The van der Waals surface area contributed by atoms with Gasteiger partial charge in [-0.25, -0.2) is 0 Å². The van der Waals surface area contributed by atoms with Crippen LogP contribution in [0.1, 0.15) is 32.6 Å². The maximum Gasteiger partial charge on any atom is 0.288 e. The van der Waals surface area contributed by atoms with Crippen molar-refractivity contribution in [2.45, 2.75) is 49.3 Å². The Kier molecular flexibility index (Phi) is 4.87. The zero-order valence-corrected chi connectivity index (χ0v) is 11.4. The first-order valence-electron chi connectivity index (χ1n) is 6.51. The van der Waals surface area contributed by atoms with Crippen molar-refractivity contribution < 1.29 is 8.78 Å². The maximum absolute atomic E-state index is 12.5. The lowest BCUT2D eigenvalue weighted by Gasteiger charge is -2.22. The number of anilines is 1. The number of alkyl halides is 2. The molecule has 0 radical (unpaired) electrons. The number of thioether (sulfide) groups is 1. The lowest BCUT2D eigenvalue weighted by molar-refractivity contribution is 0.252. The summed E-state index contributed by atoms with van der Waals surface area (Å²) in [6, 6.07) is 7.80. The van der Waals surface area contributed by atoms with Crippen LogP contribution in [-0.4, -0.2) is 11.8 Å². The van der Waals surface area contributed by atoms with Crippen molar-refractivity contribution in [1.82, 2.24) is 0 Å². The van der Waals surface area contributed by atoms with Crippen molar-refractivity contribution in [3.05, 3.63) is 24.3 Å². The Morgan fingerprint density at radius 1 is 1.33 bits per heavy atom. The average Bonchev–Trinajstić information content (AvgIpc) is 2.78. The van der Waals surface area contributed by atoms with Gasteiger partial charge < -0.3 is 5.32 Å². The van der Waals surface area contributed by atoms with Gasteiger partial charge in [-0.05, 0) is 30.9 Å². The van der Waals surface area contributed by atoms with Gasteiger partial charge in [0.2, 0.25) is 0 Å². The fourth-order valence-electron chi connectivity index (χ4n) is 2.70. The number of nitrogens with one attached hydrogen (secondary N) is 1. The molecule has 0 aliphatic heterocycles. The molecule has 1 saturated carbocycles. The highest BCUT2D eigenvalue weighted by atomic mass is 32.2. The summed E-state index contributed by atoms with van der Waals surface area (Å²) in [6.07, 6.45) is 4.78. The maximum atomic E-state index is 12.5. The first kappa shape index (κ1) is 13.7. The summed E-state index contributed by atoms with van der Waals surface area (Å²) < 4.78 is 25.0. The number of benzene rings is 1. The van der Waals surface area contributed by atoms with E-state index in [1.165, 1.54) is 12.8 Å². The van der Waals surface area contributed by atoms with E-state index in [1.807, 2.05) is 18.2 Å². The van der Waals surface area contributed by atoms with Crippen LogP contribution in [0, 0.1) is 5.92 Å². The summed E-state index contributed by atoms with van der Waals surface area (Å²) in [5.41, 5.74) is 0.855. The molecule has 1 aromatic carbocycles. The van der Waals surface area contributed by atoms with Crippen LogP contribution in [0.2, 0.25) is 0 Å². The third kappa shape index (κ3) is 3.37. The largest absolute Gasteiger partial charge is 0.381 e. The highest BCUT2D eigenvalue weighted by molar-refractivity contribution is 7.99. The highest BCUT2D eigenvalue weighted by Crippen LogP contribution is 2.35. The van der Waals surface area contributed by atoms with Gasteiger partial charge in [-0.1, -0.05) is 43.7 Å². The topological polar surface area (TPSA) is 12.0 Å². The normalized spacial score (nSPS) is 23.6. The van der Waals surface area contributed by atoms with Crippen LogP contribution in [0.15, 0.2) is 29.2 Å². The molecular weight excluding hydrogens is 252 g/mol. The second-order valence-electron chi connectivity index (χ2n) is 4.72. The molecule has 0 aromatic heterocycles. The fraction of sp³-hybridized carbons (Fsp3) is 0.571. The molecule has 18 heavy (non-hydrogen) atoms. The van der Waals surface area contributed by atoms with E-state index >= 15 is 0 Å². The predicted molar refractivity (Wildman–Crippen MR) is 73.3 cm³/mol. The molecule has 1 fully saturated rings. The molecule has 1 nitrogen and oxygen atoms in total. The molecule has 0 bridgehead atoms. The standard InChI is InChI=1S/C14H19F2NS/c1-2-10-6-5-8-11(10)17-12-7-3-4-9-13(12)18-14(15)16/h3-4,7,9-11,14,17H,2,5-6,8H2,1H3. The minimum Gasteiger partial charge on any atom is -0.381 e. The number of rotatable bonds is 5. The first-order valence-corrected chi connectivity index (χ1v) is 7.39. The summed E-state index contributed by atoms with van der Waals surface area (Å²) in [4.78, 5) is 0.647. The Balaban J connectivity index is 2.08. The van der Waals surface area contributed by atoms with Gasteiger partial charge in [-0.3, -0.25) is 0 Å². The van der Waals surface area contributed by atoms with Crippen LogP contribution in [0.3, 0.4) is 0 Å². The summed E-state index contributed by atoms with van der Waals surface area (Å²) in [5.74, 6) is -1.69. The second kappa shape index (κ2) is 6.41. The zero-order chi connectivity index (χ0) is 13.0. The van der Waals surface area contributed by atoms with Crippen LogP contribution in [0.5, 0.6) is 0 Å². The van der Waals surface area contributed by atoms with E-state index in [4.69, 9.17) is 0 Å². The zero-order valence-electron chi connectivity index (χ0n) is 10.5. The molecule has 2 unspecified atom stereocenters. The Hall–Kier alpha value is -0.770. The number of halogens is 2. The van der Waals surface area contributed by atoms with Gasteiger partial charge in [-0.15, -0.1) is 0 Å². The number of para-hydroxylation sites is 1. The quantitative estimate of drug-likeness (QED) is 0.757. The van der Waals surface area contributed by atoms with Crippen molar-refractivity contribution in [3.8, 4) is 0 Å². The van der Waals surface area contributed by atoms with E-state index in [9.17, 15) is 8.78 Å². The van der Waals surface area contributed by atoms with Gasteiger partial charge in [-0.2, -0.15) is 8.78 Å². The fourth-order valence-corrected chi connectivity index (χ4v) is 3.30. The van der Waals surface area contributed by atoms with E-state index < -0.39 is 5.76 Å². The first-order chi connectivity index (χ1) is 8.70. The molecular formula is C14H19F2NS. The molecule has 2 atom stereocenters. The summed E-state index contributed by atoms with van der Waals surface area (Å²) in [5, 5.41) is 3.46.